The van der Waals surface area contributed by atoms with Crippen molar-refractivity contribution in [3.05, 3.63) is 0 Å². The first-order valence-electron chi connectivity index (χ1n) is 5.41. The molecule has 0 saturated heterocycles. The minimum absolute atomic E-state index is 0.395. The van der Waals surface area contributed by atoms with Crippen LogP contribution in [0.1, 0.15) is 20.3 Å². The summed E-state index contributed by atoms with van der Waals surface area (Å²) in [5, 5.41) is 20.0. The summed E-state index contributed by atoms with van der Waals surface area (Å²) in [4.78, 5) is 23.3. The average molecular weight is 232 g/mol. The molecule has 0 aliphatic rings. The third-order valence-corrected chi connectivity index (χ3v) is 2.39. The van der Waals surface area contributed by atoms with Crippen molar-refractivity contribution in [1.29, 1.82) is 0 Å². The number of aliphatic carboxylic acids is 2. The molecule has 0 radical (unpaired) electrons. The molecule has 6 heteroatoms. The van der Waals surface area contributed by atoms with E-state index < -0.39 is 24.4 Å². The molecule has 0 aromatic carbocycles. The van der Waals surface area contributed by atoms with Gasteiger partial charge in [0.25, 0.3) is 0 Å². The van der Waals surface area contributed by atoms with E-state index in [4.69, 9.17) is 10.2 Å². The maximum absolute atomic E-state index is 10.7. The molecule has 0 aromatic rings. The van der Waals surface area contributed by atoms with E-state index in [1.807, 2.05) is 13.8 Å². The molecule has 0 bridgehead atoms. The van der Waals surface area contributed by atoms with E-state index in [1.165, 1.54) is 0 Å². The Kier molecular flexibility index (Phi) is 7.49. The molecule has 3 N–H and O–H groups in total. The molecule has 0 fully saturated rings. The van der Waals surface area contributed by atoms with Gasteiger partial charge in [-0.25, -0.2) is 0 Å². The molecule has 0 aromatic heterocycles. The van der Waals surface area contributed by atoms with Crippen LogP contribution in [0.5, 0.6) is 0 Å². The van der Waals surface area contributed by atoms with E-state index >= 15 is 0 Å². The van der Waals surface area contributed by atoms with Crippen LogP contribution in [0.3, 0.4) is 0 Å². The lowest BCUT2D eigenvalue weighted by Gasteiger charge is -2.19. The number of carboxylic acid groups (broad SMARTS) is 2. The highest BCUT2D eigenvalue weighted by atomic mass is 16.4. The molecule has 1 atom stereocenters. The number of hydrogen-bond acceptors (Lipinski definition) is 4. The number of carboxylic acids is 2. The second-order valence-corrected chi connectivity index (χ2v) is 3.47. The normalized spacial score (nSPS) is 12.7. The topological polar surface area (TPSA) is 89.9 Å². The molecular formula is C10H20N2O4. The second kappa shape index (κ2) is 8.06. The number of hydrogen-bond donors (Lipinski definition) is 3. The molecule has 0 heterocycles. The average Bonchev–Trinajstić information content (AvgIpc) is 2.22. The van der Waals surface area contributed by atoms with Gasteiger partial charge in [0.05, 0.1) is 6.42 Å². The largest absolute Gasteiger partial charge is 0.481 e. The van der Waals surface area contributed by atoms with Gasteiger partial charge in [-0.3, -0.25) is 9.59 Å². The van der Waals surface area contributed by atoms with Gasteiger partial charge < -0.3 is 20.4 Å². The third kappa shape index (κ3) is 6.36. The van der Waals surface area contributed by atoms with E-state index in [-0.39, 0.29) is 0 Å². The summed E-state index contributed by atoms with van der Waals surface area (Å²) in [6.45, 7) is 7.04. The molecule has 0 rings (SSSR count). The van der Waals surface area contributed by atoms with Gasteiger partial charge in [0.15, 0.2) is 0 Å². The first-order chi connectivity index (χ1) is 7.51. The quantitative estimate of drug-likeness (QED) is 0.512. The van der Waals surface area contributed by atoms with Gasteiger partial charge in [-0.05, 0) is 13.1 Å². The summed E-state index contributed by atoms with van der Waals surface area (Å²) < 4.78 is 0. The summed E-state index contributed by atoms with van der Waals surface area (Å²) in [5.74, 6) is -2.23. The van der Waals surface area contributed by atoms with E-state index in [0.29, 0.717) is 6.54 Å². The highest BCUT2D eigenvalue weighted by Crippen LogP contribution is 1.93. The predicted molar refractivity (Wildman–Crippen MR) is 59.5 cm³/mol. The molecule has 0 amide bonds. The first-order valence-corrected chi connectivity index (χ1v) is 5.41. The van der Waals surface area contributed by atoms with Crippen molar-refractivity contribution >= 4 is 11.9 Å². The van der Waals surface area contributed by atoms with Gasteiger partial charge in [0.2, 0.25) is 0 Å². The van der Waals surface area contributed by atoms with Crippen molar-refractivity contribution in [2.45, 2.75) is 26.3 Å². The summed E-state index contributed by atoms with van der Waals surface area (Å²) in [6, 6.07) is -1.01. The molecule has 6 nitrogen and oxygen atoms in total. The zero-order valence-electron chi connectivity index (χ0n) is 9.77. The number of rotatable bonds is 9. The third-order valence-electron chi connectivity index (χ3n) is 2.39. The fourth-order valence-electron chi connectivity index (χ4n) is 1.36. The Morgan fingerprint density at radius 2 is 1.81 bits per heavy atom. The van der Waals surface area contributed by atoms with Crippen molar-refractivity contribution in [1.82, 2.24) is 10.2 Å². The molecular weight excluding hydrogens is 212 g/mol. The van der Waals surface area contributed by atoms with Crippen LogP contribution < -0.4 is 5.32 Å². The Bertz CT molecular complexity index is 229. The van der Waals surface area contributed by atoms with Crippen molar-refractivity contribution in [3.8, 4) is 0 Å². The van der Waals surface area contributed by atoms with Crippen LogP contribution in [-0.4, -0.2) is 59.3 Å². The molecule has 16 heavy (non-hydrogen) atoms. The van der Waals surface area contributed by atoms with Crippen molar-refractivity contribution in [2.24, 2.45) is 0 Å². The first kappa shape index (κ1) is 14.9. The van der Waals surface area contributed by atoms with Crippen LogP contribution in [0.15, 0.2) is 0 Å². The number of nitrogens with one attached hydrogen (secondary N) is 1. The lowest BCUT2D eigenvalue weighted by atomic mass is 10.2. The van der Waals surface area contributed by atoms with Crippen molar-refractivity contribution in [3.63, 3.8) is 0 Å². The standard InChI is InChI=1S/C10H20N2O4/c1-3-12(4-2)6-5-11-8(10(15)16)7-9(13)14/h8,11H,3-7H2,1-2H3,(H,13,14)(H,15,16). The van der Waals surface area contributed by atoms with E-state index in [9.17, 15) is 9.59 Å². The fourth-order valence-corrected chi connectivity index (χ4v) is 1.36. The van der Waals surface area contributed by atoms with Gasteiger partial charge in [-0.2, -0.15) is 0 Å². The fraction of sp³-hybridized carbons (Fsp3) is 0.800. The van der Waals surface area contributed by atoms with Crippen molar-refractivity contribution < 1.29 is 19.8 Å². The summed E-state index contributed by atoms with van der Waals surface area (Å²) in [5.41, 5.74) is 0. The summed E-state index contributed by atoms with van der Waals surface area (Å²) in [6.07, 6.45) is -0.395. The van der Waals surface area contributed by atoms with Gasteiger partial charge in [0.1, 0.15) is 6.04 Å². The molecule has 1 unspecified atom stereocenters. The lowest BCUT2D eigenvalue weighted by Crippen LogP contribution is -2.42. The molecule has 0 spiro atoms. The van der Waals surface area contributed by atoms with Gasteiger partial charge in [-0.15, -0.1) is 0 Å². The van der Waals surface area contributed by atoms with Crippen molar-refractivity contribution in [2.75, 3.05) is 26.2 Å². The molecule has 0 aliphatic carbocycles. The van der Waals surface area contributed by atoms with E-state index in [0.717, 1.165) is 19.6 Å². The van der Waals surface area contributed by atoms with Gasteiger partial charge in [0, 0.05) is 13.1 Å². The Labute approximate surface area is 95.2 Å². The SMILES string of the molecule is CCN(CC)CCNC(CC(=O)O)C(=O)O. The van der Waals surface area contributed by atoms with Crippen LogP contribution in [0, 0.1) is 0 Å². The predicted octanol–water partition coefficient (Wildman–Crippen LogP) is -0.154. The summed E-state index contributed by atoms with van der Waals surface area (Å²) in [7, 11) is 0. The van der Waals surface area contributed by atoms with Crippen LogP contribution in [-0.2, 0) is 9.59 Å². The van der Waals surface area contributed by atoms with Crippen LogP contribution in [0.4, 0.5) is 0 Å². The minimum atomic E-state index is -1.12. The molecule has 0 saturated carbocycles. The van der Waals surface area contributed by atoms with Crippen LogP contribution in [0.25, 0.3) is 0 Å². The Hall–Kier alpha value is -1.14. The van der Waals surface area contributed by atoms with Gasteiger partial charge in [-0.1, -0.05) is 13.8 Å². The Morgan fingerprint density at radius 1 is 1.25 bits per heavy atom. The van der Waals surface area contributed by atoms with Crippen LogP contribution >= 0.6 is 0 Å². The monoisotopic (exact) mass is 232 g/mol. The maximum atomic E-state index is 10.7. The highest BCUT2D eigenvalue weighted by Gasteiger charge is 2.19. The zero-order valence-corrected chi connectivity index (χ0v) is 9.77. The lowest BCUT2D eigenvalue weighted by molar-refractivity contribution is -0.145. The zero-order chi connectivity index (χ0) is 12.6. The minimum Gasteiger partial charge on any atom is -0.481 e. The van der Waals surface area contributed by atoms with Crippen LogP contribution in [0.2, 0.25) is 0 Å². The Balaban J connectivity index is 3.93. The Morgan fingerprint density at radius 3 is 2.19 bits per heavy atom. The van der Waals surface area contributed by atoms with E-state index in [1.54, 1.807) is 0 Å². The number of nitrogens with zero attached hydrogens (tertiary/aromatic N) is 1. The summed E-state index contributed by atoms with van der Waals surface area (Å²) >= 11 is 0. The van der Waals surface area contributed by atoms with Gasteiger partial charge >= 0.3 is 11.9 Å². The second-order valence-electron chi connectivity index (χ2n) is 3.47. The molecule has 0 aliphatic heterocycles. The maximum Gasteiger partial charge on any atom is 0.321 e. The smallest absolute Gasteiger partial charge is 0.321 e. The number of likely N-dealkylation sites (N-methyl/N-ethyl adjacent to an activating group) is 1. The number of carbonyl (C=O) groups is 2. The highest BCUT2D eigenvalue weighted by molar-refractivity contribution is 5.80. The molecule has 94 valence electrons. The van der Waals surface area contributed by atoms with E-state index in [2.05, 4.69) is 10.2 Å².